The van der Waals surface area contributed by atoms with Crippen LogP contribution in [0.25, 0.3) is 0 Å². The zero-order valence-corrected chi connectivity index (χ0v) is 11.1. The number of nitrogens with one attached hydrogen (secondary N) is 1. The van der Waals surface area contributed by atoms with E-state index in [1.165, 1.54) is 32.1 Å². The van der Waals surface area contributed by atoms with Gasteiger partial charge in [-0.25, -0.2) is 4.79 Å². The zero-order chi connectivity index (χ0) is 13.5. The summed E-state index contributed by atoms with van der Waals surface area (Å²) in [5.74, 6) is -0.194. The Hall–Kier alpha value is -1.55. The fourth-order valence-electron chi connectivity index (χ4n) is 2.43. The van der Waals surface area contributed by atoms with Gasteiger partial charge in [0.25, 0.3) is 0 Å². The van der Waals surface area contributed by atoms with Crippen LogP contribution in [0.4, 0.5) is 0 Å². The number of carboxylic acids is 1. The van der Waals surface area contributed by atoms with E-state index in [1.54, 1.807) is 24.3 Å². The highest BCUT2D eigenvalue weighted by atomic mass is 16.5. The van der Waals surface area contributed by atoms with Crippen LogP contribution in [-0.2, 0) is 0 Å². The molecule has 1 aliphatic rings. The van der Waals surface area contributed by atoms with Gasteiger partial charge in [-0.15, -0.1) is 0 Å². The number of benzene rings is 1. The topological polar surface area (TPSA) is 58.6 Å². The lowest BCUT2D eigenvalue weighted by Crippen LogP contribution is -2.34. The molecular weight excluding hydrogens is 242 g/mol. The quantitative estimate of drug-likeness (QED) is 0.775. The van der Waals surface area contributed by atoms with Gasteiger partial charge >= 0.3 is 5.97 Å². The van der Waals surface area contributed by atoms with Gasteiger partial charge in [-0.1, -0.05) is 19.3 Å². The lowest BCUT2D eigenvalue weighted by Gasteiger charge is -2.22. The van der Waals surface area contributed by atoms with Crippen molar-refractivity contribution in [1.29, 1.82) is 0 Å². The summed E-state index contributed by atoms with van der Waals surface area (Å²) in [5.41, 5.74) is 0.285. The average molecular weight is 263 g/mol. The van der Waals surface area contributed by atoms with Crippen LogP contribution in [0.3, 0.4) is 0 Å². The number of carboxylic acid groups (broad SMARTS) is 1. The van der Waals surface area contributed by atoms with Gasteiger partial charge in [0, 0.05) is 12.6 Å². The molecule has 0 amide bonds. The minimum Gasteiger partial charge on any atom is -0.492 e. The molecule has 1 aliphatic carbocycles. The second kappa shape index (κ2) is 7.14. The molecule has 1 aromatic rings. The third-order valence-corrected chi connectivity index (χ3v) is 3.51. The first-order valence-corrected chi connectivity index (χ1v) is 6.95. The Kier molecular flexibility index (Phi) is 5.21. The number of aromatic carboxylic acids is 1. The molecule has 2 rings (SSSR count). The Bertz CT molecular complexity index is 396. The Morgan fingerprint density at radius 1 is 1.21 bits per heavy atom. The molecule has 0 unspecified atom stereocenters. The van der Waals surface area contributed by atoms with Crippen LogP contribution in [0.2, 0.25) is 0 Å². The van der Waals surface area contributed by atoms with E-state index in [9.17, 15) is 4.79 Å². The largest absolute Gasteiger partial charge is 0.492 e. The molecule has 1 saturated carbocycles. The van der Waals surface area contributed by atoms with Gasteiger partial charge in [0.1, 0.15) is 12.4 Å². The fraction of sp³-hybridized carbons (Fsp3) is 0.533. The summed E-state index contributed by atoms with van der Waals surface area (Å²) in [6.07, 6.45) is 6.57. The average Bonchev–Trinajstić information content (AvgIpc) is 2.45. The normalized spacial score (nSPS) is 16.2. The van der Waals surface area contributed by atoms with Crippen LogP contribution in [0.1, 0.15) is 42.5 Å². The molecule has 0 radical (unpaired) electrons. The van der Waals surface area contributed by atoms with Crippen molar-refractivity contribution in [3.05, 3.63) is 29.8 Å². The first-order chi connectivity index (χ1) is 9.25. The van der Waals surface area contributed by atoms with Crippen molar-refractivity contribution in [2.24, 2.45) is 0 Å². The minimum atomic E-state index is -0.912. The summed E-state index contributed by atoms with van der Waals surface area (Å²) in [7, 11) is 0. The number of carbonyl (C=O) groups is 1. The molecule has 1 fully saturated rings. The summed E-state index contributed by atoms with van der Waals surface area (Å²) in [5, 5.41) is 12.3. The van der Waals surface area contributed by atoms with E-state index in [4.69, 9.17) is 9.84 Å². The molecule has 2 N–H and O–H groups in total. The van der Waals surface area contributed by atoms with Gasteiger partial charge in [0.15, 0.2) is 0 Å². The smallest absolute Gasteiger partial charge is 0.335 e. The molecule has 0 bridgehead atoms. The van der Waals surface area contributed by atoms with E-state index in [0.29, 0.717) is 12.6 Å². The standard InChI is InChI=1S/C15H21NO3/c17-15(18)12-6-8-14(9-7-12)19-11-10-16-13-4-2-1-3-5-13/h6-9,13,16H,1-5,10-11H2,(H,17,18). The first kappa shape index (κ1) is 13.9. The third-order valence-electron chi connectivity index (χ3n) is 3.51. The lowest BCUT2D eigenvalue weighted by molar-refractivity contribution is 0.0697. The zero-order valence-electron chi connectivity index (χ0n) is 11.1. The molecule has 1 aromatic carbocycles. The number of hydrogen-bond acceptors (Lipinski definition) is 3. The molecule has 0 aliphatic heterocycles. The van der Waals surface area contributed by atoms with Gasteiger partial charge in [-0.05, 0) is 37.1 Å². The molecule has 4 heteroatoms. The van der Waals surface area contributed by atoms with Crippen molar-refractivity contribution in [2.45, 2.75) is 38.1 Å². The van der Waals surface area contributed by atoms with E-state index in [0.717, 1.165) is 12.3 Å². The summed E-state index contributed by atoms with van der Waals surface area (Å²) in [6.45, 7) is 1.45. The Morgan fingerprint density at radius 3 is 2.53 bits per heavy atom. The summed E-state index contributed by atoms with van der Waals surface area (Å²) < 4.78 is 5.58. The molecule has 104 valence electrons. The highest BCUT2D eigenvalue weighted by Crippen LogP contribution is 2.17. The van der Waals surface area contributed by atoms with Crippen LogP contribution in [0.5, 0.6) is 5.75 Å². The van der Waals surface area contributed by atoms with Crippen LogP contribution < -0.4 is 10.1 Å². The van der Waals surface area contributed by atoms with E-state index in [-0.39, 0.29) is 5.56 Å². The van der Waals surface area contributed by atoms with Crippen molar-refractivity contribution in [3.63, 3.8) is 0 Å². The van der Waals surface area contributed by atoms with Gasteiger partial charge in [-0.2, -0.15) is 0 Å². The third kappa shape index (κ3) is 4.56. The van der Waals surface area contributed by atoms with E-state index < -0.39 is 5.97 Å². The lowest BCUT2D eigenvalue weighted by atomic mass is 9.96. The van der Waals surface area contributed by atoms with E-state index >= 15 is 0 Å². The Labute approximate surface area is 113 Å². The molecule has 0 aromatic heterocycles. The molecular formula is C15H21NO3. The van der Waals surface area contributed by atoms with Gasteiger partial charge < -0.3 is 15.2 Å². The summed E-state index contributed by atoms with van der Waals surface area (Å²) in [4.78, 5) is 10.7. The van der Waals surface area contributed by atoms with Gasteiger partial charge in [-0.3, -0.25) is 0 Å². The maximum atomic E-state index is 10.7. The highest BCUT2D eigenvalue weighted by Gasteiger charge is 2.11. The van der Waals surface area contributed by atoms with Crippen molar-refractivity contribution in [3.8, 4) is 5.75 Å². The van der Waals surface area contributed by atoms with Crippen LogP contribution in [-0.4, -0.2) is 30.3 Å². The monoisotopic (exact) mass is 263 g/mol. The van der Waals surface area contributed by atoms with Gasteiger partial charge in [0.05, 0.1) is 5.56 Å². The SMILES string of the molecule is O=C(O)c1ccc(OCCNC2CCCCC2)cc1. The summed E-state index contributed by atoms with van der Waals surface area (Å²) in [6, 6.07) is 7.17. The molecule has 0 spiro atoms. The minimum absolute atomic E-state index is 0.285. The Balaban J connectivity index is 1.66. The fourth-order valence-corrected chi connectivity index (χ4v) is 2.43. The molecule has 4 nitrogen and oxygen atoms in total. The predicted molar refractivity (Wildman–Crippen MR) is 73.8 cm³/mol. The van der Waals surface area contributed by atoms with Crippen molar-refractivity contribution >= 4 is 5.97 Å². The van der Waals surface area contributed by atoms with Crippen LogP contribution in [0.15, 0.2) is 24.3 Å². The number of hydrogen-bond donors (Lipinski definition) is 2. The molecule has 19 heavy (non-hydrogen) atoms. The van der Waals surface area contributed by atoms with Crippen LogP contribution >= 0.6 is 0 Å². The maximum Gasteiger partial charge on any atom is 0.335 e. The highest BCUT2D eigenvalue weighted by molar-refractivity contribution is 5.87. The summed E-state index contributed by atoms with van der Waals surface area (Å²) >= 11 is 0. The van der Waals surface area contributed by atoms with E-state index in [1.807, 2.05) is 0 Å². The second-order valence-electron chi connectivity index (χ2n) is 4.97. The second-order valence-corrected chi connectivity index (χ2v) is 4.97. The first-order valence-electron chi connectivity index (χ1n) is 6.95. The van der Waals surface area contributed by atoms with Crippen molar-refractivity contribution in [1.82, 2.24) is 5.32 Å². The number of rotatable bonds is 6. The van der Waals surface area contributed by atoms with Gasteiger partial charge in [0.2, 0.25) is 0 Å². The number of ether oxygens (including phenoxy) is 1. The Morgan fingerprint density at radius 2 is 1.89 bits per heavy atom. The van der Waals surface area contributed by atoms with Crippen molar-refractivity contribution < 1.29 is 14.6 Å². The molecule has 0 saturated heterocycles. The molecule has 0 heterocycles. The van der Waals surface area contributed by atoms with Crippen LogP contribution in [0, 0.1) is 0 Å². The maximum absolute atomic E-state index is 10.7. The predicted octanol–water partition coefficient (Wildman–Crippen LogP) is 2.69. The van der Waals surface area contributed by atoms with Crippen molar-refractivity contribution in [2.75, 3.05) is 13.2 Å². The van der Waals surface area contributed by atoms with E-state index in [2.05, 4.69) is 5.32 Å². The molecule has 0 atom stereocenters.